The molecule has 2 aromatic carbocycles. The van der Waals surface area contributed by atoms with Gasteiger partial charge in [0.25, 0.3) is 5.56 Å². The van der Waals surface area contributed by atoms with Crippen molar-refractivity contribution in [1.29, 1.82) is 0 Å². The van der Waals surface area contributed by atoms with Crippen LogP contribution in [0, 0.1) is 3.57 Å². The number of nitrogens with two attached hydrogens (primary N) is 1. The summed E-state index contributed by atoms with van der Waals surface area (Å²) in [7, 11) is 1.10. The Bertz CT molecular complexity index is 1350. The van der Waals surface area contributed by atoms with Gasteiger partial charge < -0.3 is 15.2 Å². The number of anilines is 1. The number of hydrogen-bond donors (Lipinski definition) is 1. The Morgan fingerprint density at radius 1 is 0.971 bits per heavy atom. The molecule has 34 heavy (non-hydrogen) atoms. The average molecular weight is 577 g/mol. The molecule has 0 aliphatic heterocycles. The third-order valence-corrected chi connectivity index (χ3v) is 5.58. The van der Waals surface area contributed by atoms with Crippen LogP contribution >= 0.6 is 22.6 Å². The topological polar surface area (TPSA) is 140 Å². The first kappa shape index (κ1) is 24.9. The molecule has 1 heterocycles. The number of ether oxygens (including phenoxy) is 2. The first-order valence-electron chi connectivity index (χ1n) is 9.92. The lowest BCUT2D eigenvalue weighted by Gasteiger charge is -2.16. The number of nitrogen functional groups attached to an aromatic ring is 1. The van der Waals surface area contributed by atoms with Crippen molar-refractivity contribution >= 4 is 46.1 Å². The van der Waals surface area contributed by atoms with Gasteiger partial charge in [-0.1, -0.05) is 30.3 Å². The number of esters is 2. The number of Topliss-reactive ketones (excluding diaryl/α,β-unsaturated/α-hetero) is 1. The van der Waals surface area contributed by atoms with E-state index in [4.69, 9.17) is 10.5 Å². The molecule has 0 atom stereocenters. The number of hydrogen-bond acceptors (Lipinski definition) is 8. The molecule has 3 aromatic rings. The molecular weight excluding hydrogens is 557 g/mol. The van der Waals surface area contributed by atoms with Crippen molar-refractivity contribution < 1.29 is 23.9 Å². The molecule has 0 bridgehead atoms. The molecule has 0 aliphatic rings. The fraction of sp³-hybridized carbons (Fsp3) is 0.174. The lowest BCUT2D eigenvalue weighted by molar-refractivity contribution is -0.141. The van der Waals surface area contributed by atoms with Crippen LogP contribution in [0.25, 0.3) is 0 Å². The Morgan fingerprint density at radius 2 is 1.62 bits per heavy atom. The molecule has 0 radical (unpaired) electrons. The number of methoxy groups -OCH3 is 1. The maximum atomic E-state index is 13.0. The molecule has 0 aliphatic carbocycles. The molecule has 0 spiro atoms. The van der Waals surface area contributed by atoms with E-state index in [2.05, 4.69) is 27.3 Å². The minimum absolute atomic E-state index is 0.0598. The van der Waals surface area contributed by atoms with Gasteiger partial charge in [0.15, 0.2) is 6.61 Å². The van der Waals surface area contributed by atoms with E-state index in [1.807, 2.05) is 0 Å². The number of rotatable bonds is 8. The van der Waals surface area contributed by atoms with E-state index >= 15 is 0 Å². The molecule has 0 fully saturated rings. The van der Waals surface area contributed by atoms with Gasteiger partial charge in [0, 0.05) is 3.57 Å². The lowest BCUT2D eigenvalue weighted by atomic mass is 10.1. The summed E-state index contributed by atoms with van der Waals surface area (Å²) in [4.78, 5) is 62.9. The molecule has 11 heteroatoms. The standard InChI is InChI=1S/C23H20IN3O7/c1-33-18(29)12-27-21(30)19(17(28)13-34-22(31)15-7-9-16(24)10-8-15)20(25)26(23(27)32)11-14-5-3-2-4-6-14/h2-10H,11-13,25H2,1H3. The van der Waals surface area contributed by atoms with Crippen molar-refractivity contribution in [3.05, 3.63) is 95.7 Å². The lowest BCUT2D eigenvalue weighted by Crippen LogP contribution is -2.46. The molecule has 0 unspecified atom stereocenters. The molecule has 0 saturated carbocycles. The summed E-state index contributed by atoms with van der Waals surface area (Å²) in [5.41, 5.74) is 4.44. The van der Waals surface area contributed by atoms with Gasteiger partial charge in [-0.05, 0) is 52.4 Å². The number of carbonyl (C=O) groups is 3. The van der Waals surface area contributed by atoms with Gasteiger partial charge in [0.2, 0.25) is 5.78 Å². The van der Waals surface area contributed by atoms with Gasteiger partial charge in [-0.15, -0.1) is 0 Å². The van der Waals surface area contributed by atoms with Crippen LogP contribution in [-0.2, 0) is 27.4 Å². The maximum absolute atomic E-state index is 13.0. The van der Waals surface area contributed by atoms with Crippen molar-refractivity contribution in [3.63, 3.8) is 0 Å². The number of benzene rings is 2. The number of carbonyl (C=O) groups excluding carboxylic acids is 3. The molecule has 1 aromatic heterocycles. The Morgan fingerprint density at radius 3 is 2.24 bits per heavy atom. The van der Waals surface area contributed by atoms with Gasteiger partial charge in [-0.2, -0.15) is 0 Å². The maximum Gasteiger partial charge on any atom is 0.338 e. The van der Waals surface area contributed by atoms with Crippen molar-refractivity contribution in [2.75, 3.05) is 19.5 Å². The third kappa shape index (κ3) is 5.60. The Hall–Kier alpha value is -3.74. The van der Waals surface area contributed by atoms with Crippen molar-refractivity contribution in [3.8, 4) is 0 Å². The normalized spacial score (nSPS) is 10.5. The van der Waals surface area contributed by atoms with E-state index in [-0.39, 0.29) is 12.1 Å². The quantitative estimate of drug-likeness (QED) is 0.241. The van der Waals surface area contributed by atoms with E-state index in [0.717, 1.165) is 15.2 Å². The highest BCUT2D eigenvalue weighted by atomic mass is 127. The van der Waals surface area contributed by atoms with Crippen molar-refractivity contribution in [2.45, 2.75) is 13.1 Å². The zero-order valence-corrected chi connectivity index (χ0v) is 20.2. The zero-order valence-electron chi connectivity index (χ0n) is 18.0. The molecule has 0 amide bonds. The van der Waals surface area contributed by atoms with Crippen molar-refractivity contribution in [1.82, 2.24) is 9.13 Å². The second-order valence-corrected chi connectivity index (χ2v) is 8.33. The summed E-state index contributed by atoms with van der Waals surface area (Å²) in [5.74, 6) is -2.94. The number of halogens is 1. The van der Waals surface area contributed by atoms with Crippen LogP contribution in [0.1, 0.15) is 26.3 Å². The van der Waals surface area contributed by atoms with Crippen molar-refractivity contribution in [2.24, 2.45) is 0 Å². The highest BCUT2D eigenvalue weighted by molar-refractivity contribution is 14.1. The first-order chi connectivity index (χ1) is 16.2. The molecule has 10 nitrogen and oxygen atoms in total. The van der Waals surface area contributed by atoms with Crippen LogP contribution in [0.15, 0.2) is 64.2 Å². The molecular formula is C23H20IN3O7. The molecule has 0 saturated heterocycles. The fourth-order valence-corrected chi connectivity index (χ4v) is 3.46. The van der Waals surface area contributed by atoms with E-state index < -0.39 is 53.5 Å². The number of aromatic nitrogens is 2. The van der Waals surface area contributed by atoms with Crippen LogP contribution in [-0.4, -0.2) is 40.6 Å². The largest absolute Gasteiger partial charge is 0.468 e. The fourth-order valence-electron chi connectivity index (χ4n) is 3.10. The SMILES string of the molecule is COC(=O)Cn1c(=O)c(C(=O)COC(=O)c2ccc(I)cc2)c(N)n(Cc2ccccc2)c1=O. The first-order valence-corrected chi connectivity index (χ1v) is 11.0. The second-order valence-electron chi connectivity index (χ2n) is 7.09. The van der Waals surface area contributed by atoms with Gasteiger partial charge in [-0.3, -0.25) is 19.0 Å². The van der Waals surface area contributed by atoms with Gasteiger partial charge in [0.1, 0.15) is 17.9 Å². The number of ketones is 1. The highest BCUT2D eigenvalue weighted by Crippen LogP contribution is 2.12. The van der Waals surface area contributed by atoms with Crippen LogP contribution in [0.5, 0.6) is 0 Å². The Kier molecular flexibility index (Phi) is 7.99. The van der Waals surface area contributed by atoms with Gasteiger partial charge in [0.05, 0.1) is 19.2 Å². The van der Waals surface area contributed by atoms with E-state index in [9.17, 15) is 24.0 Å². The summed E-state index contributed by atoms with van der Waals surface area (Å²) >= 11 is 2.08. The predicted molar refractivity (Wildman–Crippen MR) is 131 cm³/mol. The monoisotopic (exact) mass is 577 g/mol. The van der Waals surface area contributed by atoms with E-state index in [1.54, 1.807) is 42.5 Å². The van der Waals surface area contributed by atoms with Gasteiger partial charge >= 0.3 is 17.6 Å². The predicted octanol–water partition coefficient (Wildman–Crippen LogP) is 1.46. The smallest absolute Gasteiger partial charge is 0.338 e. The van der Waals surface area contributed by atoms with Crippen LogP contribution in [0.2, 0.25) is 0 Å². The average Bonchev–Trinajstić information content (AvgIpc) is 2.84. The summed E-state index contributed by atoms with van der Waals surface area (Å²) in [6.45, 7) is -1.56. The van der Waals surface area contributed by atoms with Crippen LogP contribution < -0.4 is 17.0 Å². The van der Waals surface area contributed by atoms with Gasteiger partial charge in [-0.25, -0.2) is 14.2 Å². The van der Waals surface area contributed by atoms with Crippen LogP contribution in [0.3, 0.4) is 0 Å². The molecule has 2 N–H and O–H groups in total. The number of nitrogens with zero attached hydrogens (tertiary/aromatic N) is 2. The van der Waals surface area contributed by atoms with Crippen LogP contribution in [0.4, 0.5) is 5.82 Å². The highest BCUT2D eigenvalue weighted by Gasteiger charge is 2.25. The second kappa shape index (κ2) is 10.9. The summed E-state index contributed by atoms with van der Waals surface area (Å²) in [5, 5.41) is 0. The molecule has 3 rings (SSSR count). The summed E-state index contributed by atoms with van der Waals surface area (Å²) in [6.07, 6.45) is 0. The minimum Gasteiger partial charge on any atom is -0.468 e. The minimum atomic E-state index is -1.08. The Labute approximate surface area is 207 Å². The summed E-state index contributed by atoms with van der Waals surface area (Å²) in [6, 6.07) is 15.2. The molecule has 176 valence electrons. The Balaban J connectivity index is 1.98. The van der Waals surface area contributed by atoms with E-state index in [0.29, 0.717) is 10.1 Å². The summed E-state index contributed by atoms with van der Waals surface area (Å²) < 4.78 is 12.1. The van der Waals surface area contributed by atoms with E-state index in [1.165, 1.54) is 12.1 Å². The zero-order chi connectivity index (χ0) is 24.8. The third-order valence-electron chi connectivity index (χ3n) is 4.86.